The lowest BCUT2D eigenvalue weighted by Gasteiger charge is -2.11. The van der Waals surface area contributed by atoms with Crippen molar-refractivity contribution in [2.45, 2.75) is 36.9 Å². The van der Waals surface area contributed by atoms with Crippen LogP contribution in [0, 0.1) is 0 Å². The fourth-order valence-corrected chi connectivity index (χ4v) is 2.62. The van der Waals surface area contributed by atoms with Crippen LogP contribution in [0.5, 0.6) is 0 Å². The molecule has 2 saturated carbocycles. The monoisotopic (exact) mass is 287 g/mol. The Bertz CT molecular complexity index is 730. The molecule has 0 spiro atoms. The van der Waals surface area contributed by atoms with E-state index in [1.807, 2.05) is 0 Å². The first kappa shape index (κ1) is 12.7. The molecule has 4 rings (SSSR count). The molecule has 2 aromatic rings. The summed E-state index contributed by atoms with van der Waals surface area (Å²) in [5.74, 6) is 0.698. The van der Waals surface area contributed by atoms with Crippen molar-refractivity contribution in [3.8, 4) is 11.5 Å². The van der Waals surface area contributed by atoms with Crippen molar-refractivity contribution in [1.29, 1.82) is 0 Å². The number of hydrogen-bond donors (Lipinski definition) is 4. The van der Waals surface area contributed by atoms with Gasteiger partial charge >= 0.3 is 0 Å². The first-order chi connectivity index (χ1) is 9.91. The van der Waals surface area contributed by atoms with Gasteiger partial charge in [0.05, 0.1) is 17.0 Å². The van der Waals surface area contributed by atoms with Crippen molar-refractivity contribution in [2.24, 2.45) is 0 Å². The van der Waals surface area contributed by atoms with Crippen LogP contribution in [-0.4, -0.2) is 15.2 Å². The smallest absolute Gasteiger partial charge is 0.197 e. The van der Waals surface area contributed by atoms with Crippen molar-refractivity contribution < 1.29 is 14.6 Å². The predicted molar refractivity (Wildman–Crippen MR) is 77.0 cm³/mol. The average Bonchev–Trinajstić information content (AvgIpc) is 3.33. The van der Waals surface area contributed by atoms with Gasteiger partial charge in [0.1, 0.15) is 11.3 Å². The van der Waals surface area contributed by atoms with Crippen LogP contribution in [0.15, 0.2) is 22.6 Å². The lowest BCUT2D eigenvalue weighted by molar-refractivity contribution is 0.147. The van der Waals surface area contributed by atoms with E-state index in [0.717, 1.165) is 0 Å². The second-order valence-corrected chi connectivity index (χ2v) is 6.09. The van der Waals surface area contributed by atoms with Crippen molar-refractivity contribution in [1.82, 2.24) is 4.98 Å². The highest BCUT2D eigenvalue weighted by atomic mass is 16.4. The van der Waals surface area contributed by atoms with Crippen LogP contribution in [0.25, 0.3) is 11.5 Å². The highest BCUT2D eigenvalue weighted by Crippen LogP contribution is 2.50. The summed E-state index contributed by atoms with van der Waals surface area (Å²) in [6.45, 7) is 0. The first-order valence-electron chi connectivity index (χ1n) is 7.03. The number of furan rings is 1. The fraction of sp³-hybridized carbons (Fsp3) is 0.400. The Kier molecular flexibility index (Phi) is 2.28. The van der Waals surface area contributed by atoms with Gasteiger partial charge in [0.15, 0.2) is 11.6 Å². The highest BCUT2D eigenvalue weighted by Gasteiger charge is 2.46. The number of nitrogen functional groups attached to an aromatic ring is 2. The van der Waals surface area contributed by atoms with Crippen LogP contribution in [0.1, 0.15) is 36.9 Å². The molecule has 0 aromatic carbocycles. The molecule has 2 fully saturated rings. The van der Waals surface area contributed by atoms with Crippen molar-refractivity contribution in [3.05, 3.63) is 29.5 Å². The highest BCUT2D eigenvalue weighted by molar-refractivity contribution is 5.63. The molecule has 2 aromatic heterocycles. The van der Waals surface area contributed by atoms with E-state index in [1.54, 1.807) is 18.2 Å². The molecule has 21 heavy (non-hydrogen) atoms. The normalized spacial score (nSPS) is 21.2. The molecule has 0 bridgehead atoms. The van der Waals surface area contributed by atoms with Gasteiger partial charge in [-0.25, -0.2) is 4.98 Å². The molecular weight excluding hydrogens is 270 g/mol. The molecule has 2 heterocycles. The van der Waals surface area contributed by atoms with E-state index >= 15 is 0 Å². The maximum absolute atomic E-state index is 10.2. The lowest BCUT2D eigenvalue weighted by atomic mass is 10.1. The number of nitrogens with zero attached hydrogens (tertiary/aromatic N) is 1. The van der Waals surface area contributed by atoms with E-state index in [0.29, 0.717) is 54.1 Å². The summed E-state index contributed by atoms with van der Waals surface area (Å²) in [4.78, 5) is 4.43. The van der Waals surface area contributed by atoms with Gasteiger partial charge in [-0.15, -0.1) is 0 Å². The zero-order valence-electron chi connectivity index (χ0n) is 11.5. The minimum absolute atomic E-state index is 0.218. The number of nitrogens with two attached hydrogens (primary N) is 2. The second kappa shape index (κ2) is 3.78. The Morgan fingerprint density at radius 3 is 2.33 bits per heavy atom. The Balaban J connectivity index is 1.77. The van der Waals surface area contributed by atoms with E-state index < -0.39 is 11.2 Å². The second-order valence-electron chi connectivity index (χ2n) is 6.09. The number of hydrogen-bond acceptors (Lipinski definition) is 6. The van der Waals surface area contributed by atoms with E-state index in [1.165, 1.54) is 0 Å². The SMILES string of the molecule is Nc1ccc(-c2cc(C3(O)CC3)c(N)o2)nc1C1(O)CC1. The molecule has 0 unspecified atom stereocenters. The zero-order chi connectivity index (χ0) is 14.8. The van der Waals surface area contributed by atoms with Crippen LogP contribution in [0.3, 0.4) is 0 Å². The summed E-state index contributed by atoms with van der Waals surface area (Å²) in [5.41, 5.74) is 12.1. The molecule has 110 valence electrons. The largest absolute Gasteiger partial charge is 0.439 e. The number of pyridine rings is 1. The van der Waals surface area contributed by atoms with Crippen molar-refractivity contribution >= 4 is 11.6 Å². The first-order valence-corrected chi connectivity index (χ1v) is 7.03. The Labute approximate surface area is 121 Å². The lowest BCUT2D eigenvalue weighted by Crippen LogP contribution is -2.11. The molecule has 0 atom stereocenters. The van der Waals surface area contributed by atoms with Gasteiger partial charge in [-0.1, -0.05) is 0 Å². The molecular formula is C15H17N3O3. The van der Waals surface area contributed by atoms with Crippen molar-refractivity contribution in [3.63, 3.8) is 0 Å². The van der Waals surface area contributed by atoms with Crippen LogP contribution in [-0.2, 0) is 11.2 Å². The fourth-order valence-electron chi connectivity index (χ4n) is 2.62. The minimum Gasteiger partial charge on any atom is -0.439 e. The van der Waals surface area contributed by atoms with E-state index in [9.17, 15) is 10.2 Å². The third kappa shape index (κ3) is 1.91. The Hall–Kier alpha value is -2.05. The number of anilines is 2. The topological polar surface area (TPSA) is 119 Å². The molecule has 6 heteroatoms. The zero-order valence-corrected chi connectivity index (χ0v) is 11.5. The van der Waals surface area contributed by atoms with Crippen LogP contribution in [0.2, 0.25) is 0 Å². The number of rotatable bonds is 3. The third-order valence-corrected chi connectivity index (χ3v) is 4.33. The summed E-state index contributed by atoms with van der Waals surface area (Å²) in [7, 11) is 0. The van der Waals surface area contributed by atoms with Crippen molar-refractivity contribution in [2.75, 3.05) is 11.5 Å². The molecule has 2 aliphatic rings. The standard InChI is InChI=1S/C15H17N3O3/c16-9-1-2-10(18-12(9)15(20)5-6-15)11-7-8(13(17)21-11)14(19)3-4-14/h1-2,7,19-20H,3-6,16-17H2. The van der Waals surface area contributed by atoms with Gasteiger partial charge in [-0.3, -0.25) is 0 Å². The molecule has 0 amide bonds. The van der Waals surface area contributed by atoms with Crippen LogP contribution in [0.4, 0.5) is 11.6 Å². The molecule has 0 saturated heterocycles. The Morgan fingerprint density at radius 1 is 1.05 bits per heavy atom. The van der Waals surface area contributed by atoms with E-state index in [2.05, 4.69) is 4.98 Å². The van der Waals surface area contributed by atoms with Gasteiger partial charge in [0, 0.05) is 5.56 Å². The minimum atomic E-state index is -0.907. The summed E-state index contributed by atoms with van der Waals surface area (Å²) in [5, 5.41) is 20.4. The van der Waals surface area contributed by atoms with Crippen LogP contribution >= 0.6 is 0 Å². The average molecular weight is 287 g/mol. The van der Waals surface area contributed by atoms with Gasteiger partial charge in [0.2, 0.25) is 0 Å². The third-order valence-electron chi connectivity index (χ3n) is 4.33. The summed E-state index contributed by atoms with van der Waals surface area (Å²) >= 11 is 0. The Morgan fingerprint density at radius 2 is 1.71 bits per heavy atom. The number of aromatic nitrogens is 1. The van der Waals surface area contributed by atoms with Gasteiger partial charge in [0.25, 0.3) is 0 Å². The summed E-state index contributed by atoms with van der Waals surface area (Å²) in [6.07, 6.45) is 2.71. The van der Waals surface area contributed by atoms with E-state index in [-0.39, 0.29) is 5.88 Å². The quantitative estimate of drug-likeness (QED) is 0.678. The molecule has 6 nitrogen and oxygen atoms in total. The van der Waals surface area contributed by atoms with Crippen LogP contribution < -0.4 is 11.5 Å². The maximum atomic E-state index is 10.2. The summed E-state index contributed by atoms with van der Waals surface area (Å²) in [6, 6.07) is 5.16. The molecule has 0 radical (unpaired) electrons. The van der Waals surface area contributed by atoms with Gasteiger partial charge in [-0.05, 0) is 43.9 Å². The number of aliphatic hydroxyl groups is 2. The van der Waals surface area contributed by atoms with E-state index in [4.69, 9.17) is 15.9 Å². The predicted octanol–water partition coefficient (Wildman–Crippen LogP) is 1.47. The summed E-state index contributed by atoms with van der Waals surface area (Å²) < 4.78 is 5.53. The maximum Gasteiger partial charge on any atom is 0.197 e. The molecule has 6 N–H and O–H groups in total. The molecule has 0 aliphatic heterocycles. The van der Waals surface area contributed by atoms with Gasteiger partial charge < -0.3 is 26.1 Å². The van der Waals surface area contributed by atoms with Gasteiger partial charge in [-0.2, -0.15) is 0 Å². The molecule has 2 aliphatic carbocycles.